The van der Waals surface area contributed by atoms with Crippen LogP contribution in [-0.4, -0.2) is 35.0 Å². The van der Waals surface area contributed by atoms with Crippen molar-refractivity contribution in [2.45, 2.75) is 19.1 Å². The van der Waals surface area contributed by atoms with Crippen LogP contribution in [-0.2, 0) is 13.0 Å². The number of ether oxygens (including phenoxy) is 5. The van der Waals surface area contributed by atoms with Crippen molar-refractivity contribution in [3.8, 4) is 28.7 Å². The minimum Gasteiger partial charge on any atom is -0.496 e. The third-order valence-corrected chi connectivity index (χ3v) is 5.76. The molecule has 1 aliphatic heterocycles. The lowest BCUT2D eigenvalue weighted by molar-refractivity contribution is 0.283. The van der Waals surface area contributed by atoms with Gasteiger partial charge in [-0.25, -0.2) is 0 Å². The number of methoxy groups -OCH3 is 4. The smallest absolute Gasteiger partial charge is 0.164 e. The van der Waals surface area contributed by atoms with E-state index >= 15 is 0 Å². The second-order valence-electron chi connectivity index (χ2n) is 7.56. The Balaban J connectivity index is 1.74. The van der Waals surface area contributed by atoms with E-state index in [1.165, 1.54) is 5.56 Å². The fourth-order valence-corrected chi connectivity index (χ4v) is 4.13. The largest absolute Gasteiger partial charge is 0.496 e. The Kier molecular flexibility index (Phi) is 6.71. The molecule has 1 unspecified atom stereocenters. The third-order valence-electron chi connectivity index (χ3n) is 5.76. The summed E-state index contributed by atoms with van der Waals surface area (Å²) < 4.78 is 28.5. The van der Waals surface area contributed by atoms with Crippen molar-refractivity contribution >= 4 is 0 Å². The van der Waals surface area contributed by atoms with Crippen LogP contribution in [0.25, 0.3) is 0 Å². The summed E-state index contributed by atoms with van der Waals surface area (Å²) in [4.78, 5) is 0. The summed E-state index contributed by atoms with van der Waals surface area (Å²) in [5.41, 5.74) is 4.42. The van der Waals surface area contributed by atoms with Crippen LogP contribution in [0.5, 0.6) is 28.7 Å². The van der Waals surface area contributed by atoms with Crippen molar-refractivity contribution in [3.63, 3.8) is 0 Å². The van der Waals surface area contributed by atoms with Crippen LogP contribution in [0.15, 0.2) is 54.6 Å². The molecule has 0 spiro atoms. The molecule has 0 aliphatic carbocycles. The molecule has 0 saturated carbocycles. The van der Waals surface area contributed by atoms with E-state index in [9.17, 15) is 0 Å². The normalized spacial score (nSPS) is 14.9. The summed E-state index contributed by atoms with van der Waals surface area (Å²) in [6.07, 6.45) is 0.900. The van der Waals surface area contributed by atoms with E-state index < -0.39 is 0 Å². The molecule has 1 aliphatic rings. The highest BCUT2D eigenvalue weighted by atomic mass is 16.5. The van der Waals surface area contributed by atoms with E-state index in [0.717, 1.165) is 41.2 Å². The summed E-state index contributed by atoms with van der Waals surface area (Å²) in [6.45, 7) is 1.30. The molecule has 168 valence electrons. The van der Waals surface area contributed by atoms with E-state index in [2.05, 4.69) is 17.4 Å². The lowest BCUT2D eigenvalue weighted by atomic mass is 9.88. The Morgan fingerprint density at radius 1 is 0.719 bits per heavy atom. The molecule has 32 heavy (non-hydrogen) atoms. The summed E-state index contributed by atoms with van der Waals surface area (Å²) in [5.74, 6) is 3.47. The van der Waals surface area contributed by atoms with Crippen molar-refractivity contribution in [2.24, 2.45) is 0 Å². The van der Waals surface area contributed by atoms with Gasteiger partial charge in [-0.05, 0) is 41.3 Å². The Labute approximate surface area is 189 Å². The average molecular weight is 436 g/mol. The average Bonchev–Trinajstić information content (AvgIpc) is 2.86. The number of benzene rings is 3. The van der Waals surface area contributed by atoms with Gasteiger partial charge in [-0.2, -0.15) is 0 Å². The van der Waals surface area contributed by atoms with Crippen LogP contribution in [0.4, 0.5) is 0 Å². The standard InChI is InChI=1S/C26H29NO5/c1-28-21-15-24(31-4)23(30-3)14-20(21)26-19-13-25(32-16-17-8-6-5-7-9-17)22(29-2)12-18(19)10-11-27-26/h5-9,12-15,26-27H,10-11,16H2,1-4H3. The minimum atomic E-state index is -0.0847. The molecular formula is C26H29NO5. The van der Waals surface area contributed by atoms with Gasteiger partial charge in [0.15, 0.2) is 23.0 Å². The van der Waals surface area contributed by atoms with Crippen LogP contribution >= 0.6 is 0 Å². The zero-order valence-electron chi connectivity index (χ0n) is 18.9. The van der Waals surface area contributed by atoms with Crippen molar-refractivity contribution in [3.05, 3.63) is 76.9 Å². The lowest BCUT2D eigenvalue weighted by Gasteiger charge is -2.30. The summed E-state index contributed by atoms with van der Waals surface area (Å²) in [6, 6.07) is 18.0. The Hall–Kier alpha value is -3.38. The molecular weight excluding hydrogens is 406 g/mol. The number of hydrogen-bond donors (Lipinski definition) is 1. The van der Waals surface area contributed by atoms with Gasteiger partial charge >= 0.3 is 0 Å². The molecule has 1 N–H and O–H groups in total. The molecule has 3 aromatic carbocycles. The van der Waals surface area contributed by atoms with Gasteiger partial charge in [-0.3, -0.25) is 0 Å². The maximum Gasteiger partial charge on any atom is 0.164 e. The van der Waals surface area contributed by atoms with Crippen molar-refractivity contribution in [1.82, 2.24) is 5.32 Å². The van der Waals surface area contributed by atoms with Crippen LogP contribution in [0, 0.1) is 0 Å². The monoisotopic (exact) mass is 435 g/mol. The first-order valence-electron chi connectivity index (χ1n) is 10.6. The zero-order chi connectivity index (χ0) is 22.5. The van der Waals surface area contributed by atoms with Gasteiger partial charge in [-0.1, -0.05) is 30.3 Å². The van der Waals surface area contributed by atoms with E-state index in [1.807, 2.05) is 42.5 Å². The molecule has 1 atom stereocenters. The first-order valence-corrected chi connectivity index (χ1v) is 10.6. The lowest BCUT2D eigenvalue weighted by Crippen LogP contribution is -2.31. The van der Waals surface area contributed by atoms with E-state index in [4.69, 9.17) is 23.7 Å². The number of fused-ring (bicyclic) bond motifs is 1. The van der Waals surface area contributed by atoms with Gasteiger partial charge in [0.25, 0.3) is 0 Å². The molecule has 0 saturated heterocycles. The Morgan fingerprint density at radius 3 is 2.03 bits per heavy atom. The molecule has 3 aromatic rings. The van der Waals surface area contributed by atoms with Gasteiger partial charge in [0.1, 0.15) is 12.4 Å². The molecule has 4 rings (SSSR count). The van der Waals surface area contributed by atoms with Gasteiger partial charge in [0, 0.05) is 18.2 Å². The van der Waals surface area contributed by atoms with Crippen LogP contribution in [0.1, 0.15) is 28.3 Å². The minimum absolute atomic E-state index is 0.0847. The maximum atomic E-state index is 6.17. The van der Waals surface area contributed by atoms with Crippen LogP contribution < -0.4 is 29.0 Å². The fraction of sp³-hybridized carbons (Fsp3) is 0.308. The number of rotatable bonds is 8. The molecule has 0 bridgehead atoms. The highest BCUT2D eigenvalue weighted by Crippen LogP contribution is 2.43. The zero-order valence-corrected chi connectivity index (χ0v) is 18.9. The highest BCUT2D eigenvalue weighted by molar-refractivity contribution is 5.57. The van der Waals surface area contributed by atoms with Gasteiger partial charge in [0.05, 0.1) is 34.5 Å². The van der Waals surface area contributed by atoms with E-state index in [-0.39, 0.29) is 6.04 Å². The first-order chi connectivity index (χ1) is 15.7. The molecule has 0 aromatic heterocycles. The Bertz CT molecular complexity index is 1070. The van der Waals surface area contributed by atoms with E-state index in [0.29, 0.717) is 23.9 Å². The van der Waals surface area contributed by atoms with Crippen LogP contribution in [0.2, 0.25) is 0 Å². The molecule has 0 amide bonds. The number of hydrogen-bond acceptors (Lipinski definition) is 6. The quantitative estimate of drug-likeness (QED) is 0.561. The third kappa shape index (κ3) is 4.32. The molecule has 0 radical (unpaired) electrons. The summed E-state index contributed by atoms with van der Waals surface area (Å²) in [7, 11) is 6.59. The molecule has 0 fully saturated rings. The van der Waals surface area contributed by atoms with Gasteiger partial charge in [0.2, 0.25) is 0 Å². The van der Waals surface area contributed by atoms with E-state index in [1.54, 1.807) is 28.4 Å². The molecule has 6 heteroatoms. The predicted octanol–water partition coefficient (Wildman–Crippen LogP) is 4.54. The van der Waals surface area contributed by atoms with Gasteiger partial charge < -0.3 is 29.0 Å². The molecule has 6 nitrogen and oxygen atoms in total. The second-order valence-corrected chi connectivity index (χ2v) is 7.56. The Morgan fingerprint density at radius 2 is 1.34 bits per heavy atom. The maximum absolute atomic E-state index is 6.17. The number of nitrogens with one attached hydrogen (secondary N) is 1. The van der Waals surface area contributed by atoms with Crippen molar-refractivity contribution in [2.75, 3.05) is 35.0 Å². The highest BCUT2D eigenvalue weighted by Gasteiger charge is 2.28. The fourth-order valence-electron chi connectivity index (χ4n) is 4.13. The van der Waals surface area contributed by atoms with Crippen molar-refractivity contribution in [1.29, 1.82) is 0 Å². The SMILES string of the molecule is COc1cc(OC)c(C2NCCc3cc(OC)c(OCc4ccccc4)cc32)cc1OC. The van der Waals surface area contributed by atoms with Gasteiger partial charge in [-0.15, -0.1) is 0 Å². The van der Waals surface area contributed by atoms with Crippen molar-refractivity contribution < 1.29 is 23.7 Å². The summed E-state index contributed by atoms with van der Waals surface area (Å²) >= 11 is 0. The predicted molar refractivity (Wildman–Crippen MR) is 123 cm³/mol. The summed E-state index contributed by atoms with van der Waals surface area (Å²) in [5, 5.41) is 3.62. The van der Waals surface area contributed by atoms with Crippen LogP contribution in [0.3, 0.4) is 0 Å². The second kappa shape index (κ2) is 9.83. The first kappa shape index (κ1) is 21.8. The topological polar surface area (TPSA) is 58.2 Å². The molecule has 1 heterocycles.